The molecule has 0 saturated carbocycles. The van der Waals surface area contributed by atoms with Gasteiger partial charge in [0.1, 0.15) is 0 Å². The molecular weight excluding hydrogens is 304 g/mol. The van der Waals surface area contributed by atoms with Crippen molar-refractivity contribution >= 4 is 27.2 Å². The second kappa shape index (κ2) is 6.02. The number of sulfonamides is 1. The van der Waals surface area contributed by atoms with Gasteiger partial charge in [0.15, 0.2) is 0 Å². The van der Waals surface area contributed by atoms with Gasteiger partial charge in [-0.3, -0.25) is 0 Å². The summed E-state index contributed by atoms with van der Waals surface area (Å²) in [4.78, 5) is 0.748. The van der Waals surface area contributed by atoms with E-state index in [1.54, 1.807) is 28.6 Å². The molecule has 0 spiro atoms. The Bertz CT molecular complexity index is 612. The van der Waals surface area contributed by atoms with E-state index in [0.717, 1.165) is 18.4 Å². The lowest BCUT2D eigenvalue weighted by Crippen LogP contribution is -2.41. The first-order chi connectivity index (χ1) is 9.71. The first-order valence-corrected chi connectivity index (χ1v) is 8.93. The first kappa shape index (κ1) is 16.4. The maximum atomic E-state index is 12.6. The topological polar surface area (TPSA) is 63.4 Å². The van der Waals surface area contributed by atoms with Gasteiger partial charge in [-0.15, -0.1) is 0 Å². The van der Waals surface area contributed by atoms with Crippen LogP contribution in [0.5, 0.6) is 0 Å². The van der Waals surface area contributed by atoms with E-state index < -0.39 is 10.0 Å². The molecule has 4 nitrogen and oxygen atoms in total. The molecule has 0 bridgehead atoms. The molecule has 6 heteroatoms. The predicted octanol–water partition coefficient (Wildman–Crippen LogP) is 2.33. The zero-order chi connectivity index (χ0) is 15.7. The van der Waals surface area contributed by atoms with Crippen molar-refractivity contribution in [1.82, 2.24) is 4.31 Å². The molecule has 2 rings (SSSR count). The second-order valence-corrected chi connectivity index (χ2v) is 8.82. The number of thiocarbonyl (C=S) groups is 1. The lowest BCUT2D eigenvalue weighted by molar-refractivity contribution is 0.196. The molecule has 1 aromatic carbocycles. The zero-order valence-electron chi connectivity index (χ0n) is 12.5. The molecule has 1 fully saturated rings. The average molecular weight is 326 g/mol. The Hall–Kier alpha value is -0.980. The highest BCUT2D eigenvalue weighted by Crippen LogP contribution is 2.32. The molecule has 0 amide bonds. The summed E-state index contributed by atoms with van der Waals surface area (Å²) in [6, 6.07) is 6.84. The van der Waals surface area contributed by atoms with Crippen molar-refractivity contribution in [3.8, 4) is 0 Å². The Morgan fingerprint density at radius 2 is 1.76 bits per heavy atom. The fourth-order valence-electron chi connectivity index (χ4n) is 2.46. The average Bonchev–Trinajstić information content (AvgIpc) is 2.38. The van der Waals surface area contributed by atoms with E-state index in [0.29, 0.717) is 29.4 Å². The zero-order valence-corrected chi connectivity index (χ0v) is 14.1. The summed E-state index contributed by atoms with van der Waals surface area (Å²) in [7, 11) is -3.39. The molecule has 1 saturated heterocycles. The summed E-state index contributed by atoms with van der Waals surface area (Å²) < 4.78 is 26.8. The Labute approximate surface area is 132 Å². The van der Waals surface area contributed by atoms with Crippen LogP contribution < -0.4 is 5.73 Å². The van der Waals surface area contributed by atoms with E-state index in [1.165, 1.54) is 0 Å². The van der Waals surface area contributed by atoms with Crippen LogP contribution in [0.2, 0.25) is 0 Å². The molecule has 116 valence electrons. The first-order valence-electron chi connectivity index (χ1n) is 7.08. The summed E-state index contributed by atoms with van der Waals surface area (Å²) >= 11 is 4.86. The van der Waals surface area contributed by atoms with Crippen molar-refractivity contribution in [2.75, 3.05) is 13.1 Å². The Balaban J connectivity index is 2.14. The molecule has 21 heavy (non-hydrogen) atoms. The quantitative estimate of drug-likeness (QED) is 0.863. The van der Waals surface area contributed by atoms with Gasteiger partial charge in [-0.05, 0) is 36.0 Å². The van der Waals surface area contributed by atoms with E-state index in [1.807, 2.05) is 0 Å². The van der Waals surface area contributed by atoms with Gasteiger partial charge in [0.2, 0.25) is 10.0 Å². The van der Waals surface area contributed by atoms with Crippen LogP contribution in [0.1, 0.15) is 32.3 Å². The van der Waals surface area contributed by atoms with Crippen LogP contribution in [0.4, 0.5) is 0 Å². The smallest absolute Gasteiger partial charge is 0.243 e. The van der Waals surface area contributed by atoms with Crippen LogP contribution in [0.15, 0.2) is 29.2 Å². The second-order valence-electron chi connectivity index (χ2n) is 6.36. The summed E-state index contributed by atoms with van der Waals surface area (Å²) in [5.41, 5.74) is 6.66. The van der Waals surface area contributed by atoms with Crippen molar-refractivity contribution in [3.05, 3.63) is 29.8 Å². The van der Waals surface area contributed by atoms with Gasteiger partial charge in [-0.2, -0.15) is 4.31 Å². The van der Waals surface area contributed by atoms with Gasteiger partial charge < -0.3 is 5.73 Å². The minimum absolute atomic E-state index is 0.229. The fraction of sp³-hybridized carbons (Fsp3) is 0.533. The van der Waals surface area contributed by atoms with Crippen LogP contribution in [0.3, 0.4) is 0 Å². The fourth-order valence-corrected chi connectivity index (χ4v) is 4.07. The molecular formula is C15H22N2O2S2. The normalized spacial score (nSPS) is 19.3. The van der Waals surface area contributed by atoms with Crippen LogP contribution in [-0.2, 0) is 16.4 Å². The minimum atomic E-state index is -3.39. The van der Waals surface area contributed by atoms with Gasteiger partial charge in [-0.25, -0.2) is 8.42 Å². The lowest BCUT2D eigenvalue weighted by atomic mass is 9.83. The molecule has 2 N–H and O–H groups in total. The highest BCUT2D eigenvalue weighted by molar-refractivity contribution is 7.89. The van der Waals surface area contributed by atoms with Crippen molar-refractivity contribution in [2.45, 2.75) is 38.0 Å². The number of hydrogen-bond donors (Lipinski definition) is 1. The van der Waals surface area contributed by atoms with Gasteiger partial charge >= 0.3 is 0 Å². The van der Waals surface area contributed by atoms with Gasteiger partial charge in [0.25, 0.3) is 0 Å². The van der Waals surface area contributed by atoms with Crippen molar-refractivity contribution in [1.29, 1.82) is 0 Å². The lowest BCUT2D eigenvalue weighted by Gasteiger charge is -2.36. The third kappa shape index (κ3) is 4.02. The predicted molar refractivity (Wildman–Crippen MR) is 88.7 cm³/mol. The molecule has 0 aliphatic carbocycles. The molecule has 1 heterocycles. The molecule has 1 aromatic rings. The van der Waals surface area contributed by atoms with Crippen molar-refractivity contribution < 1.29 is 8.42 Å². The molecule has 0 radical (unpaired) electrons. The SMILES string of the molecule is CC1(C)CCN(S(=O)(=O)c2ccc(CC(N)=S)cc2)CC1. The number of nitrogens with two attached hydrogens (primary N) is 1. The number of benzene rings is 1. The van der Waals surface area contributed by atoms with Crippen LogP contribution >= 0.6 is 12.2 Å². The maximum absolute atomic E-state index is 12.6. The molecule has 1 aliphatic heterocycles. The summed E-state index contributed by atoms with van der Waals surface area (Å²) in [5.74, 6) is 0. The van der Waals surface area contributed by atoms with E-state index in [9.17, 15) is 8.42 Å². The Morgan fingerprint density at radius 1 is 1.24 bits per heavy atom. The number of piperidine rings is 1. The Kier molecular flexibility index (Phi) is 4.70. The number of hydrogen-bond acceptors (Lipinski definition) is 3. The summed E-state index contributed by atoms with van der Waals surface area (Å²) in [6.45, 7) is 5.54. The van der Waals surface area contributed by atoms with Crippen molar-refractivity contribution in [2.24, 2.45) is 11.1 Å². The monoisotopic (exact) mass is 326 g/mol. The van der Waals surface area contributed by atoms with Crippen LogP contribution in [-0.4, -0.2) is 30.8 Å². The van der Waals surface area contributed by atoms with E-state index in [-0.39, 0.29) is 5.41 Å². The standard InChI is InChI=1S/C15H22N2O2S2/c1-15(2)7-9-17(10-8-15)21(18,19)13-5-3-12(4-6-13)11-14(16)20/h3-6H,7-11H2,1-2H3,(H2,16,20). The van der Waals surface area contributed by atoms with Crippen LogP contribution in [0, 0.1) is 5.41 Å². The highest BCUT2D eigenvalue weighted by atomic mass is 32.2. The van der Waals surface area contributed by atoms with Gasteiger partial charge in [-0.1, -0.05) is 38.2 Å². The molecule has 0 unspecified atom stereocenters. The summed E-state index contributed by atoms with van der Waals surface area (Å²) in [6.07, 6.45) is 2.28. The van der Waals surface area contributed by atoms with Gasteiger partial charge in [0.05, 0.1) is 9.88 Å². The van der Waals surface area contributed by atoms with E-state index >= 15 is 0 Å². The Morgan fingerprint density at radius 3 is 2.24 bits per heavy atom. The third-order valence-corrected chi connectivity index (χ3v) is 6.07. The van der Waals surface area contributed by atoms with Crippen LogP contribution in [0.25, 0.3) is 0 Å². The summed E-state index contributed by atoms with van der Waals surface area (Å²) in [5, 5.41) is 0. The minimum Gasteiger partial charge on any atom is -0.393 e. The number of rotatable bonds is 4. The maximum Gasteiger partial charge on any atom is 0.243 e. The number of nitrogens with zero attached hydrogens (tertiary/aromatic N) is 1. The van der Waals surface area contributed by atoms with Crippen molar-refractivity contribution in [3.63, 3.8) is 0 Å². The molecule has 0 aromatic heterocycles. The third-order valence-electron chi connectivity index (χ3n) is 4.02. The van der Waals surface area contributed by atoms with Gasteiger partial charge in [0, 0.05) is 19.5 Å². The molecule has 1 aliphatic rings. The highest BCUT2D eigenvalue weighted by Gasteiger charge is 2.32. The molecule has 0 atom stereocenters. The largest absolute Gasteiger partial charge is 0.393 e. The van der Waals surface area contributed by atoms with E-state index in [4.69, 9.17) is 18.0 Å². The van der Waals surface area contributed by atoms with E-state index in [2.05, 4.69) is 13.8 Å².